The predicted octanol–water partition coefficient (Wildman–Crippen LogP) is 2.01. The fourth-order valence-electron chi connectivity index (χ4n) is 2.10. The molecule has 1 fully saturated rings. The van der Waals surface area contributed by atoms with Crippen molar-refractivity contribution in [2.45, 2.75) is 29.5 Å². The molecule has 1 aliphatic rings. The van der Waals surface area contributed by atoms with Crippen molar-refractivity contribution in [3.8, 4) is 0 Å². The third-order valence-corrected chi connectivity index (χ3v) is 7.57. The summed E-state index contributed by atoms with van der Waals surface area (Å²) in [6.07, 6.45) is 2.83. The maximum atomic E-state index is 12.5. The Balaban J connectivity index is 2.34. The van der Waals surface area contributed by atoms with Gasteiger partial charge in [0.25, 0.3) is 10.0 Å². The summed E-state index contributed by atoms with van der Waals surface area (Å²) < 4.78 is 27.6. The molecule has 2 rings (SSSR count). The molecule has 1 atom stereocenters. The fraction of sp³-hybridized carbons (Fsp3) is 0.600. The molecule has 2 heterocycles. The predicted molar refractivity (Wildman–Crippen MR) is 72.6 cm³/mol. The minimum atomic E-state index is -3.39. The second-order valence-corrected chi connectivity index (χ2v) is 7.91. The van der Waals surface area contributed by atoms with E-state index in [1.165, 1.54) is 11.3 Å². The monoisotopic (exact) mass is 338 g/mol. The van der Waals surface area contributed by atoms with Gasteiger partial charge in [-0.3, -0.25) is 0 Å². The zero-order valence-electron chi connectivity index (χ0n) is 9.30. The van der Waals surface area contributed by atoms with Crippen LogP contribution >= 0.6 is 27.3 Å². The van der Waals surface area contributed by atoms with Gasteiger partial charge in [-0.05, 0) is 40.2 Å². The van der Waals surface area contributed by atoms with Crippen LogP contribution in [0.25, 0.3) is 0 Å². The maximum Gasteiger partial charge on any atom is 0.253 e. The van der Waals surface area contributed by atoms with Crippen LogP contribution in [0, 0.1) is 0 Å². The smallest absolute Gasteiger partial charge is 0.253 e. The second-order valence-electron chi connectivity index (χ2n) is 4.06. The molecule has 2 N–H and O–H groups in total. The van der Waals surface area contributed by atoms with E-state index in [4.69, 9.17) is 5.73 Å². The summed E-state index contributed by atoms with van der Waals surface area (Å²) >= 11 is 4.53. The van der Waals surface area contributed by atoms with Gasteiger partial charge in [-0.15, -0.1) is 11.3 Å². The lowest BCUT2D eigenvalue weighted by atomic mass is 10.1. The van der Waals surface area contributed by atoms with E-state index < -0.39 is 10.0 Å². The van der Waals surface area contributed by atoms with Crippen LogP contribution < -0.4 is 5.73 Å². The Bertz CT molecular complexity index is 486. The van der Waals surface area contributed by atoms with Crippen molar-refractivity contribution in [2.75, 3.05) is 13.1 Å². The molecular formula is C10H15BrN2O2S2. The highest BCUT2D eigenvalue weighted by Gasteiger charge is 2.34. The van der Waals surface area contributed by atoms with Crippen LogP contribution in [0.15, 0.2) is 20.1 Å². The summed E-state index contributed by atoms with van der Waals surface area (Å²) in [5, 5.41) is 1.78. The molecule has 7 heteroatoms. The number of nitrogens with zero attached hydrogens (tertiary/aromatic N) is 1. The van der Waals surface area contributed by atoms with E-state index in [1.807, 2.05) is 0 Å². The Hall–Kier alpha value is 0.0500. The van der Waals surface area contributed by atoms with Crippen LogP contribution in [0.2, 0.25) is 0 Å². The van der Waals surface area contributed by atoms with Gasteiger partial charge in [0.05, 0.1) is 0 Å². The number of hydrogen-bond donors (Lipinski definition) is 1. The number of rotatable bonds is 3. The molecule has 1 saturated heterocycles. The van der Waals surface area contributed by atoms with Crippen molar-refractivity contribution in [3.63, 3.8) is 0 Å². The zero-order chi connectivity index (χ0) is 12.5. The van der Waals surface area contributed by atoms with Crippen molar-refractivity contribution in [1.29, 1.82) is 0 Å². The summed E-state index contributed by atoms with van der Waals surface area (Å²) in [5.74, 6) is 0. The average Bonchev–Trinajstić information content (AvgIpc) is 2.76. The summed E-state index contributed by atoms with van der Waals surface area (Å²) in [6.45, 7) is 0.969. The van der Waals surface area contributed by atoms with Crippen molar-refractivity contribution in [1.82, 2.24) is 4.31 Å². The first-order chi connectivity index (χ1) is 8.07. The van der Waals surface area contributed by atoms with Gasteiger partial charge in [-0.25, -0.2) is 8.42 Å². The van der Waals surface area contributed by atoms with E-state index in [2.05, 4.69) is 15.9 Å². The van der Waals surface area contributed by atoms with E-state index in [1.54, 1.807) is 15.8 Å². The highest BCUT2D eigenvalue weighted by atomic mass is 79.9. The zero-order valence-corrected chi connectivity index (χ0v) is 12.5. The Morgan fingerprint density at radius 3 is 2.88 bits per heavy atom. The van der Waals surface area contributed by atoms with E-state index in [-0.39, 0.29) is 6.04 Å². The van der Waals surface area contributed by atoms with Crippen LogP contribution in [0.3, 0.4) is 0 Å². The molecule has 96 valence electrons. The van der Waals surface area contributed by atoms with Gasteiger partial charge in [-0.1, -0.05) is 6.42 Å². The van der Waals surface area contributed by atoms with Crippen LogP contribution in [-0.4, -0.2) is 31.9 Å². The number of nitrogens with two attached hydrogens (primary N) is 1. The van der Waals surface area contributed by atoms with Crippen molar-refractivity contribution in [3.05, 3.63) is 15.9 Å². The van der Waals surface area contributed by atoms with Crippen LogP contribution in [-0.2, 0) is 10.0 Å². The van der Waals surface area contributed by atoms with E-state index in [0.29, 0.717) is 21.8 Å². The Labute approximate surface area is 114 Å². The van der Waals surface area contributed by atoms with Crippen molar-refractivity contribution < 1.29 is 8.42 Å². The number of hydrogen-bond acceptors (Lipinski definition) is 4. The summed E-state index contributed by atoms with van der Waals surface area (Å²) in [7, 11) is -3.39. The van der Waals surface area contributed by atoms with Gasteiger partial charge in [-0.2, -0.15) is 4.31 Å². The highest BCUT2D eigenvalue weighted by molar-refractivity contribution is 9.10. The summed E-state index contributed by atoms with van der Waals surface area (Å²) in [4.78, 5) is 0. The lowest BCUT2D eigenvalue weighted by Gasteiger charge is -2.33. The van der Waals surface area contributed by atoms with Crippen molar-refractivity contribution >= 4 is 37.3 Å². The molecule has 0 saturated carbocycles. The summed E-state index contributed by atoms with van der Waals surface area (Å²) in [5.41, 5.74) is 5.67. The molecule has 17 heavy (non-hydrogen) atoms. The topological polar surface area (TPSA) is 63.4 Å². The standard InChI is InChI=1S/C10H15BrN2O2S2/c11-9-4-6-16-10(9)17(14,15)13-5-2-1-3-8(13)7-12/h4,6,8H,1-3,5,7,12H2/t8-/m1/s1. The van der Waals surface area contributed by atoms with E-state index >= 15 is 0 Å². The Kier molecular flexibility index (Phi) is 4.25. The third-order valence-electron chi connectivity index (χ3n) is 2.97. The SMILES string of the molecule is NC[C@H]1CCCCN1S(=O)(=O)c1sccc1Br. The lowest BCUT2D eigenvalue weighted by Crippen LogP contribution is -2.47. The van der Waals surface area contributed by atoms with E-state index in [0.717, 1.165) is 19.3 Å². The molecule has 0 amide bonds. The molecule has 0 aromatic carbocycles. The molecule has 4 nitrogen and oxygen atoms in total. The Morgan fingerprint density at radius 1 is 1.53 bits per heavy atom. The molecule has 0 bridgehead atoms. The van der Waals surface area contributed by atoms with Gasteiger partial charge in [0, 0.05) is 23.6 Å². The van der Waals surface area contributed by atoms with Gasteiger partial charge < -0.3 is 5.73 Å². The van der Waals surface area contributed by atoms with Gasteiger partial charge in [0.1, 0.15) is 4.21 Å². The third kappa shape index (κ3) is 2.58. The fourth-order valence-corrected chi connectivity index (χ4v) is 6.23. The normalized spacial score (nSPS) is 22.8. The molecule has 0 spiro atoms. The molecule has 0 aliphatic carbocycles. The van der Waals surface area contributed by atoms with Crippen LogP contribution in [0.4, 0.5) is 0 Å². The number of sulfonamides is 1. The van der Waals surface area contributed by atoms with Crippen LogP contribution in [0.5, 0.6) is 0 Å². The Morgan fingerprint density at radius 2 is 2.29 bits per heavy atom. The molecule has 1 aromatic rings. The van der Waals surface area contributed by atoms with Gasteiger partial charge in [0.15, 0.2) is 0 Å². The first kappa shape index (κ1) is 13.5. The largest absolute Gasteiger partial charge is 0.329 e. The molecule has 0 radical (unpaired) electrons. The first-order valence-corrected chi connectivity index (χ1v) is 8.63. The van der Waals surface area contributed by atoms with E-state index in [9.17, 15) is 8.42 Å². The van der Waals surface area contributed by atoms with Gasteiger partial charge in [0.2, 0.25) is 0 Å². The number of halogens is 1. The van der Waals surface area contributed by atoms with Crippen LogP contribution in [0.1, 0.15) is 19.3 Å². The van der Waals surface area contributed by atoms with Crippen molar-refractivity contribution in [2.24, 2.45) is 5.73 Å². The molecule has 1 aromatic heterocycles. The minimum Gasteiger partial charge on any atom is -0.329 e. The molecule has 1 aliphatic heterocycles. The lowest BCUT2D eigenvalue weighted by molar-refractivity contribution is 0.258. The number of thiophene rings is 1. The number of piperidine rings is 1. The summed E-state index contributed by atoms with van der Waals surface area (Å²) in [6, 6.07) is 1.71. The van der Waals surface area contributed by atoms with Gasteiger partial charge >= 0.3 is 0 Å². The molecule has 0 unspecified atom stereocenters. The highest BCUT2D eigenvalue weighted by Crippen LogP contribution is 2.33. The molecular weight excluding hydrogens is 324 g/mol. The maximum absolute atomic E-state index is 12.5. The quantitative estimate of drug-likeness (QED) is 0.916. The minimum absolute atomic E-state index is 0.0530. The second kappa shape index (κ2) is 5.36. The first-order valence-electron chi connectivity index (χ1n) is 5.52. The average molecular weight is 339 g/mol.